The van der Waals surface area contributed by atoms with Gasteiger partial charge >= 0.3 is 0 Å². The van der Waals surface area contributed by atoms with Crippen LogP contribution in [0.25, 0.3) is 17.1 Å². The van der Waals surface area contributed by atoms with Gasteiger partial charge in [0.1, 0.15) is 11.5 Å². The fourth-order valence-corrected chi connectivity index (χ4v) is 2.40. The summed E-state index contributed by atoms with van der Waals surface area (Å²) < 4.78 is 15.9. The van der Waals surface area contributed by atoms with Crippen LogP contribution >= 0.6 is 15.9 Å². The fourth-order valence-electron chi connectivity index (χ4n) is 1.89. The number of aromatic nitrogens is 4. The summed E-state index contributed by atoms with van der Waals surface area (Å²) in [6.45, 7) is 0. The molecule has 0 spiro atoms. The average molecular weight is 334 g/mol. The molecule has 5 nitrogen and oxygen atoms in total. The summed E-state index contributed by atoms with van der Waals surface area (Å²) in [5, 5.41) is 11.4. The highest BCUT2D eigenvalue weighted by Crippen LogP contribution is 2.27. The van der Waals surface area contributed by atoms with Crippen molar-refractivity contribution >= 4 is 21.6 Å². The van der Waals surface area contributed by atoms with Crippen LogP contribution in [0.2, 0.25) is 0 Å². The highest BCUT2D eigenvalue weighted by atomic mass is 79.9. The summed E-state index contributed by atoms with van der Waals surface area (Å²) >= 11 is 3.31. The van der Waals surface area contributed by atoms with E-state index >= 15 is 0 Å². The first-order chi connectivity index (χ1) is 9.66. The number of nitrogens with zero attached hydrogens (tertiary/aromatic N) is 4. The monoisotopic (exact) mass is 333 g/mol. The summed E-state index contributed by atoms with van der Waals surface area (Å²) in [5.74, 6) is -0.0000666. The Morgan fingerprint density at radius 2 is 1.95 bits per heavy atom. The van der Waals surface area contributed by atoms with Crippen molar-refractivity contribution in [3.8, 4) is 17.1 Å². The Labute approximate surface area is 122 Å². The van der Waals surface area contributed by atoms with E-state index in [0.29, 0.717) is 21.5 Å². The number of nitrogens with two attached hydrogens (primary N) is 1. The number of hydrogen-bond donors (Lipinski definition) is 1. The molecule has 0 aliphatic heterocycles. The van der Waals surface area contributed by atoms with Crippen molar-refractivity contribution in [3.05, 3.63) is 52.8 Å². The summed E-state index contributed by atoms with van der Waals surface area (Å²) in [7, 11) is 0. The van der Waals surface area contributed by atoms with E-state index < -0.39 is 5.82 Å². The second-order valence-electron chi connectivity index (χ2n) is 4.11. The zero-order chi connectivity index (χ0) is 14.1. The van der Waals surface area contributed by atoms with Crippen molar-refractivity contribution in [2.75, 3.05) is 5.73 Å². The van der Waals surface area contributed by atoms with Gasteiger partial charge in [0.25, 0.3) is 0 Å². The molecule has 0 amide bonds. The number of hydrogen-bond acceptors (Lipinski definition) is 4. The molecule has 7 heteroatoms. The molecule has 100 valence electrons. The molecule has 1 heterocycles. The second kappa shape index (κ2) is 5.01. The zero-order valence-electron chi connectivity index (χ0n) is 10.2. The lowest BCUT2D eigenvalue weighted by Gasteiger charge is -2.08. The summed E-state index contributed by atoms with van der Waals surface area (Å²) in [6, 6.07) is 11.8. The van der Waals surface area contributed by atoms with Crippen LogP contribution in [-0.4, -0.2) is 20.2 Å². The third-order valence-corrected chi connectivity index (χ3v) is 3.40. The number of anilines is 1. The SMILES string of the molecule is Nc1cccc(-c2nnnn2-c2c(F)cccc2Br)c1. The Morgan fingerprint density at radius 3 is 2.70 bits per heavy atom. The van der Waals surface area contributed by atoms with Crippen LogP contribution in [0.15, 0.2) is 46.9 Å². The highest BCUT2D eigenvalue weighted by molar-refractivity contribution is 9.10. The van der Waals surface area contributed by atoms with Crippen LogP contribution in [-0.2, 0) is 0 Å². The molecule has 0 fully saturated rings. The molecule has 0 radical (unpaired) electrons. The molecule has 0 saturated heterocycles. The molecule has 0 aliphatic rings. The lowest BCUT2D eigenvalue weighted by atomic mass is 10.2. The van der Waals surface area contributed by atoms with Crippen molar-refractivity contribution in [1.82, 2.24) is 20.2 Å². The van der Waals surface area contributed by atoms with E-state index in [0.717, 1.165) is 0 Å². The van der Waals surface area contributed by atoms with Crippen molar-refractivity contribution in [2.45, 2.75) is 0 Å². The molecule has 1 aromatic heterocycles. The molecule has 3 rings (SSSR count). The topological polar surface area (TPSA) is 69.6 Å². The van der Waals surface area contributed by atoms with Gasteiger partial charge in [-0.25, -0.2) is 4.39 Å². The third kappa shape index (κ3) is 2.16. The van der Waals surface area contributed by atoms with E-state index in [1.807, 2.05) is 6.07 Å². The van der Waals surface area contributed by atoms with Gasteiger partial charge in [-0.15, -0.1) is 5.10 Å². The predicted octanol–water partition coefficient (Wildman–Crippen LogP) is 2.81. The first kappa shape index (κ1) is 12.7. The van der Waals surface area contributed by atoms with E-state index in [2.05, 4.69) is 31.5 Å². The summed E-state index contributed by atoms with van der Waals surface area (Å²) in [4.78, 5) is 0. The average Bonchev–Trinajstić information content (AvgIpc) is 2.87. The van der Waals surface area contributed by atoms with Gasteiger partial charge in [0.05, 0.1) is 0 Å². The van der Waals surface area contributed by atoms with Gasteiger partial charge in [-0.1, -0.05) is 18.2 Å². The van der Waals surface area contributed by atoms with E-state index in [4.69, 9.17) is 5.73 Å². The molecule has 0 aliphatic carbocycles. The normalized spacial score (nSPS) is 10.7. The number of benzene rings is 2. The van der Waals surface area contributed by atoms with Crippen LogP contribution in [0.4, 0.5) is 10.1 Å². The van der Waals surface area contributed by atoms with E-state index in [-0.39, 0.29) is 5.69 Å². The van der Waals surface area contributed by atoms with Crippen molar-refractivity contribution in [2.24, 2.45) is 0 Å². The van der Waals surface area contributed by atoms with Gasteiger partial charge in [0.2, 0.25) is 0 Å². The minimum Gasteiger partial charge on any atom is -0.399 e. The van der Waals surface area contributed by atoms with Crippen LogP contribution in [0, 0.1) is 5.82 Å². The number of tetrazole rings is 1. The Bertz CT molecular complexity index is 751. The fraction of sp³-hybridized carbons (Fsp3) is 0. The summed E-state index contributed by atoms with van der Waals surface area (Å²) in [6.07, 6.45) is 0. The van der Waals surface area contributed by atoms with Gasteiger partial charge in [0.15, 0.2) is 5.82 Å². The minimum absolute atomic E-state index is 0.259. The molecule has 0 atom stereocenters. The minimum atomic E-state index is -0.420. The van der Waals surface area contributed by atoms with Crippen LogP contribution in [0.5, 0.6) is 0 Å². The lowest BCUT2D eigenvalue weighted by Crippen LogP contribution is -2.04. The van der Waals surface area contributed by atoms with Gasteiger partial charge in [0, 0.05) is 15.7 Å². The lowest BCUT2D eigenvalue weighted by molar-refractivity contribution is 0.606. The van der Waals surface area contributed by atoms with Crippen molar-refractivity contribution < 1.29 is 4.39 Å². The number of rotatable bonds is 2. The standard InChI is InChI=1S/C13H9BrFN5/c14-10-5-2-6-11(15)12(10)20-13(17-18-19-20)8-3-1-4-9(16)7-8/h1-7H,16H2. The maximum absolute atomic E-state index is 14.0. The van der Waals surface area contributed by atoms with E-state index in [9.17, 15) is 4.39 Å². The smallest absolute Gasteiger partial charge is 0.187 e. The predicted molar refractivity (Wildman–Crippen MR) is 76.7 cm³/mol. The Hall–Kier alpha value is -2.28. The number of nitrogen functional groups attached to an aromatic ring is 1. The Kier molecular flexibility index (Phi) is 3.19. The van der Waals surface area contributed by atoms with Gasteiger partial charge in [-0.05, 0) is 50.6 Å². The van der Waals surface area contributed by atoms with Gasteiger partial charge < -0.3 is 5.73 Å². The Balaban J connectivity index is 2.21. The molecule has 0 unspecified atom stereocenters. The van der Waals surface area contributed by atoms with E-state index in [1.165, 1.54) is 10.7 Å². The van der Waals surface area contributed by atoms with Crippen molar-refractivity contribution in [3.63, 3.8) is 0 Å². The van der Waals surface area contributed by atoms with Crippen LogP contribution in [0.1, 0.15) is 0 Å². The van der Waals surface area contributed by atoms with Crippen LogP contribution in [0.3, 0.4) is 0 Å². The number of halogens is 2. The van der Waals surface area contributed by atoms with Gasteiger partial charge in [-0.2, -0.15) is 4.68 Å². The first-order valence-corrected chi connectivity index (χ1v) is 6.55. The molecule has 20 heavy (non-hydrogen) atoms. The molecule has 2 N–H and O–H groups in total. The molecular weight excluding hydrogens is 325 g/mol. The van der Waals surface area contributed by atoms with Crippen LogP contribution < -0.4 is 5.73 Å². The number of para-hydroxylation sites is 1. The zero-order valence-corrected chi connectivity index (χ0v) is 11.7. The maximum Gasteiger partial charge on any atom is 0.187 e. The van der Waals surface area contributed by atoms with Crippen molar-refractivity contribution in [1.29, 1.82) is 0 Å². The molecule has 2 aromatic carbocycles. The molecular formula is C13H9BrFN5. The first-order valence-electron chi connectivity index (χ1n) is 5.75. The van der Waals surface area contributed by atoms with E-state index in [1.54, 1.807) is 30.3 Å². The third-order valence-electron chi connectivity index (χ3n) is 2.76. The quantitative estimate of drug-likeness (QED) is 0.732. The molecule has 3 aromatic rings. The largest absolute Gasteiger partial charge is 0.399 e. The summed E-state index contributed by atoms with van der Waals surface area (Å²) in [5.41, 5.74) is 7.31. The highest BCUT2D eigenvalue weighted by Gasteiger charge is 2.16. The second-order valence-corrected chi connectivity index (χ2v) is 4.96. The molecule has 0 bridgehead atoms. The maximum atomic E-state index is 14.0. The molecule has 0 saturated carbocycles. The Morgan fingerprint density at radius 1 is 1.15 bits per heavy atom. The van der Waals surface area contributed by atoms with Gasteiger partial charge in [-0.3, -0.25) is 0 Å².